The molecule has 0 aliphatic carbocycles. The van der Waals surface area contributed by atoms with E-state index in [0.717, 1.165) is 0 Å². The molecular formula is C8H14O6. The third-order valence-corrected chi connectivity index (χ3v) is 2.34. The largest absolute Gasteiger partial charge is 0.479 e. The zero-order chi connectivity index (χ0) is 10.9. The molecule has 1 rings (SSSR count). The fourth-order valence-corrected chi connectivity index (χ4v) is 1.52. The molecule has 6 nitrogen and oxygen atoms in total. The zero-order valence-electron chi connectivity index (χ0n) is 7.95. The molecule has 0 aromatic heterocycles. The average Bonchev–Trinajstić information content (AvgIpc) is 2.12. The number of carboxylic acid groups (broad SMARTS) is 1. The lowest BCUT2D eigenvalue weighted by Crippen LogP contribution is -2.59. The maximum absolute atomic E-state index is 10.7. The molecule has 2 unspecified atom stereocenters. The molecule has 1 heterocycles. The fraction of sp³-hybridized carbons (Fsp3) is 0.875. The van der Waals surface area contributed by atoms with Gasteiger partial charge in [0.1, 0.15) is 18.3 Å². The van der Waals surface area contributed by atoms with Crippen molar-refractivity contribution in [3.63, 3.8) is 0 Å². The van der Waals surface area contributed by atoms with Gasteiger partial charge in [-0.15, -0.1) is 0 Å². The normalized spacial score (nSPS) is 43.6. The number of aliphatic hydroxyl groups is 2. The van der Waals surface area contributed by atoms with Crippen LogP contribution in [0.1, 0.15) is 6.92 Å². The SMILES string of the molecule is CO[C@@H]1C(O)[C@@H](C)OC(C(=O)O)[C@H]1O. The summed E-state index contributed by atoms with van der Waals surface area (Å²) >= 11 is 0. The highest BCUT2D eigenvalue weighted by molar-refractivity contribution is 5.73. The van der Waals surface area contributed by atoms with Crippen molar-refractivity contribution in [3.05, 3.63) is 0 Å². The maximum atomic E-state index is 10.7. The molecule has 5 atom stereocenters. The Morgan fingerprint density at radius 1 is 1.36 bits per heavy atom. The Bertz CT molecular complexity index is 218. The summed E-state index contributed by atoms with van der Waals surface area (Å²) in [4.78, 5) is 10.7. The van der Waals surface area contributed by atoms with Crippen LogP contribution in [0.15, 0.2) is 0 Å². The number of ether oxygens (including phenoxy) is 2. The van der Waals surface area contributed by atoms with Crippen molar-refractivity contribution in [1.29, 1.82) is 0 Å². The number of aliphatic carboxylic acids is 1. The van der Waals surface area contributed by atoms with Crippen LogP contribution in [0.4, 0.5) is 0 Å². The lowest BCUT2D eigenvalue weighted by Gasteiger charge is -2.39. The van der Waals surface area contributed by atoms with Gasteiger partial charge in [0.25, 0.3) is 0 Å². The van der Waals surface area contributed by atoms with E-state index in [2.05, 4.69) is 0 Å². The first-order chi connectivity index (χ1) is 6.49. The van der Waals surface area contributed by atoms with Gasteiger partial charge in [-0.3, -0.25) is 0 Å². The second-order valence-corrected chi connectivity index (χ2v) is 3.28. The smallest absolute Gasteiger partial charge is 0.335 e. The van der Waals surface area contributed by atoms with Gasteiger partial charge >= 0.3 is 5.97 Å². The van der Waals surface area contributed by atoms with E-state index in [1.807, 2.05) is 0 Å². The summed E-state index contributed by atoms with van der Waals surface area (Å²) in [6, 6.07) is 0. The Morgan fingerprint density at radius 3 is 2.36 bits per heavy atom. The van der Waals surface area contributed by atoms with E-state index in [1.54, 1.807) is 0 Å². The van der Waals surface area contributed by atoms with Gasteiger partial charge in [0.05, 0.1) is 6.10 Å². The second kappa shape index (κ2) is 4.22. The fourth-order valence-electron chi connectivity index (χ4n) is 1.52. The van der Waals surface area contributed by atoms with Gasteiger partial charge in [-0.25, -0.2) is 4.79 Å². The molecule has 82 valence electrons. The van der Waals surface area contributed by atoms with Crippen LogP contribution in [0.3, 0.4) is 0 Å². The molecule has 1 aliphatic rings. The molecule has 0 saturated carbocycles. The van der Waals surface area contributed by atoms with Gasteiger partial charge < -0.3 is 24.8 Å². The van der Waals surface area contributed by atoms with Crippen LogP contribution in [0, 0.1) is 0 Å². The zero-order valence-corrected chi connectivity index (χ0v) is 7.95. The van der Waals surface area contributed by atoms with E-state index in [9.17, 15) is 15.0 Å². The summed E-state index contributed by atoms with van der Waals surface area (Å²) < 4.78 is 9.75. The molecular weight excluding hydrogens is 192 g/mol. The second-order valence-electron chi connectivity index (χ2n) is 3.28. The van der Waals surface area contributed by atoms with Crippen LogP contribution in [0.25, 0.3) is 0 Å². The summed E-state index contributed by atoms with van der Waals surface area (Å²) in [6.07, 6.45) is -5.34. The number of carboxylic acids is 1. The minimum absolute atomic E-state index is 0.676. The molecule has 1 saturated heterocycles. The lowest BCUT2D eigenvalue weighted by atomic mass is 9.95. The van der Waals surface area contributed by atoms with Crippen molar-refractivity contribution in [1.82, 2.24) is 0 Å². The van der Waals surface area contributed by atoms with Crippen molar-refractivity contribution in [2.45, 2.75) is 37.4 Å². The molecule has 0 bridgehead atoms. The van der Waals surface area contributed by atoms with Gasteiger partial charge in [0, 0.05) is 7.11 Å². The number of aliphatic hydroxyl groups excluding tert-OH is 2. The number of rotatable bonds is 2. The van der Waals surface area contributed by atoms with E-state index in [4.69, 9.17) is 14.6 Å². The number of hydrogen-bond donors (Lipinski definition) is 3. The summed E-state index contributed by atoms with van der Waals surface area (Å²) in [5, 5.41) is 27.7. The molecule has 6 heteroatoms. The predicted octanol–water partition coefficient (Wildman–Crippen LogP) is -1.40. The van der Waals surface area contributed by atoms with Gasteiger partial charge in [-0.05, 0) is 6.92 Å². The van der Waals surface area contributed by atoms with Crippen molar-refractivity contribution < 1.29 is 29.6 Å². The lowest BCUT2D eigenvalue weighted by molar-refractivity contribution is -0.229. The molecule has 1 aliphatic heterocycles. The number of hydrogen-bond acceptors (Lipinski definition) is 5. The quantitative estimate of drug-likeness (QED) is 0.514. The first kappa shape index (κ1) is 11.4. The Labute approximate surface area is 81.1 Å². The third-order valence-electron chi connectivity index (χ3n) is 2.34. The van der Waals surface area contributed by atoms with Crippen LogP contribution < -0.4 is 0 Å². The molecule has 0 radical (unpaired) electrons. The maximum Gasteiger partial charge on any atom is 0.335 e. The van der Waals surface area contributed by atoms with Crippen LogP contribution in [0.2, 0.25) is 0 Å². The number of methoxy groups -OCH3 is 1. The van der Waals surface area contributed by atoms with Crippen molar-refractivity contribution in [2.24, 2.45) is 0 Å². The van der Waals surface area contributed by atoms with Gasteiger partial charge in [0.2, 0.25) is 0 Å². The Balaban J connectivity index is 2.80. The van der Waals surface area contributed by atoms with Gasteiger partial charge in [-0.2, -0.15) is 0 Å². The van der Waals surface area contributed by atoms with Crippen molar-refractivity contribution in [2.75, 3.05) is 7.11 Å². The van der Waals surface area contributed by atoms with Crippen LogP contribution in [0.5, 0.6) is 0 Å². The highest BCUT2D eigenvalue weighted by atomic mass is 16.6. The summed E-state index contributed by atoms with van der Waals surface area (Å²) in [5.74, 6) is -1.27. The minimum Gasteiger partial charge on any atom is -0.479 e. The molecule has 0 spiro atoms. The van der Waals surface area contributed by atoms with Gasteiger partial charge in [0.15, 0.2) is 6.10 Å². The highest BCUT2D eigenvalue weighted by Gasteiger charge is 2.46. The predicted molar refractivity (Wildman–Crippen MR) is 44.8 cm³/mol. The highest BCUT2D eigenvalue weighted by Crippen LogP contribution is 2.22. The topological polar surface area (TPSA) is 96.2 Å². The van der Waals surface area contributed by atoms with Crippen LogP contribution >= 0.6 is 0 Å². The Hall–Kier alpha value is -0.690. The van der Waals surface area contributed by atoms with E-state index in [0.29, 0.717) is 0 Å². The van der Waals surface area contributed by atoms with Crippen molar-refractivity contribution in [3.8, 4) is 0 Å². The van der Waals surface area contributed by atoms with Gasteiger partial charge in [-0.1, -0.05) is 0 Å². The molecule has 0 aromatic rings. The Morgan fingerprint density at radius 2 is 1.93 bits per heavy atom. The minimum atomic E-state index is -1.36. The number of carbonyl (C=O) groups is 1. The van der Waals surface area contributed by atoms with E-state index in [-0.39, 0.29) is 0 Å². The standard InChI is InChI=1S/C8H14O6/c1-3-4(9)6(13-2)5(10)7(14-3)8(11)12/h3-7,9-10H,1-2H3,(H,11,12)/t3-,4?,5+,6-,7?/m1/s1. The summed E-state index contributed by atoms with van der Waals surface area (Å²) in [7, 11) is 1.30. The molecule has 0 aromatic carbocycles. The molecule has 1 fully saturated rings. The van der Waals surface area contributed by atoms with E-state index in [1.165, 1.54) is 14.0 Å². The monoisotopic (exact) mass is 206 g/mol. The Kier molecular flexibility index (Phi) is 3.43. The average molecular weight is 206 g/mol. The third kappa shape index (κ3) is 1.88. The summed E-state index contributed by atoms with van der Waals surface area (Å²) in [5.41, 5.74) is 0. The first-order valence-corrected chi connectivity index (χ1v) is 4.26. The molecule has 14 heavy (non-hydrogen) atoms. The van der Waals surface area contributed by atoms with E-state index >= 15 is 0 Å². The van der Waals surface area contributed by atoms with Crippen LogP contribution in [-0.4, -0.2) is 58.9 Å². The van der Waals surface area contributed by atoms with E-state index < -0.39 is 36.5 Å². The molecule has 3 N–H and O–H groups in total. The first-order valence-electron chi connectivity index (χ1n) is 4.26. The van der Waals surface area contributed by atoms with Crippen LogP contribution in [-0.2, 0) is 14.3 Å². The molecule has 0 amide bonds. The van der Waals surface area contributed by atoms with Crippen molar-refractivity contribution >= 4 is 5.97 Å². The summed E-state index contributed by atoms with van der Waals surface area (Å²) in [6.45, 7) is 1.53.